The van der Waals surface area contributed by atoms with Crippen LogP contribution < -0.4 is 4.90 Å². The van der Waals surface area contributed by atoms with Crippen LogP contribution in [0.4, 0.5) is 5.69 Å². The van der Waals surface area contributed by atoms with Crippen molar-refractivity contribution in [3.8, 4) is 0 Å². The van der Waals surface area contributed by atoms with Gasteiger partial charge in [-0.2, -0.15) is 0 Å². The predicted molar refractivity (Wildman–Crippen MR) is 91.9 cm³/mol. The van der Waals surface area contributed by atoms with Crippen LogP contribution in [0.5, 0.6) is 0 Å². The predicted octanol–water partition coefficient (Wildman–Crippen LogP) is 4.39. The van der Waals surface area contributed by atoms with E-state index >= 15 is 0 Å². The Kier molecular flexibility index (Phi) is 4.35. The summed E-state index contributed by atoms with van der Waals surface area (Å²) in [6.45, 7) is 4.50. The smallest absolute Gasteiger partial charge is 0.233 e. The molecule has 0 saturated carbocycles. The summed E-state index contributed by atoms with van der Waals surface area (Å²) in [7, 11) is 0. The molecule has 0 N–H and O–H groups in total. The van der Waals surface area contributed by atoms with Gasteiger partial charge in [0.25, 0.3) is 0 Å². The lowest BCUT2D eigenvalue weighted by atomic mass is 10.1. The molecule has 3 rings (SSSR count). The zero-order valence-electron chi connectivity index (χ0n) is 13.0. The number of fused-ring (bicyclic) bond motifs is 1. The maximum atomic E-state index is 12.7. The Labute approximate surface area is 139 Å². The molecule has 0 saturated heterocycles. The molecule has 4 nitrogen and oxygen atoms in total. The summed E-state index contributed by atoms with van der Waals surface area (Å²) in [5.41, 5.74) is 3.25. The van der Waals surface area contributed by atoms with Crippen LogP contribution in [0.2, 0.25) is 5.02 Å². The first-order valence-electron chi connectivity index (χ1n) is 7.49. The number of aryl methyl sites for hydroxylation is 1. The van der Waals surface area contributed by atoms with Crippen LogP contribution >= 0.6 is 11.6 Å². The third-order valence-electron chi connectivity index (χ3n) is 3.76. The Morgan fingerprint density at radius 3 is 2.83 bits per heavy atom. The topological polar surface area (TPSA) is 46.3 Å². The Morgan fingerprint density at radius 2 is 2.09 bits per heavy atom. The minimum absolute atomic E-state index is 0.0357. The van der Waals surface area contributed by atoms with Crippen molar-refractivity contribution >= 4 is 34.2 Å². The number of halogens is 1. The largest absolute Gasteiger partial charge is 0.356 e. The van der Waals surface area contributed by atoms with Crippen molar-refractivity contribution in [2.75, 3.05) is 11.4 Å². The summed E-state index contributed by atoms with van der Waals surface area (Å²) < 4.78 is 5.30. The fourth-order valence-corrected chi connectivity index (χ4v) is 2.80. The highest BCUT2D eigenvalue weighted by molar-refractivity contribution is 6.30. The van der Waals surface area contributed by atoms with Crippen LogP contribution in [0.3, 0.4) is 0 Å². The van der Waals surface area contributed by atoms with E-state index in [1.807, 2.05) is 44.2 Å². The van der Waals surface area contributed by atoms with Gasteiger partial charge in [0.2, 0.25) is 5.91 Å². The minimum Gasteiger partial charge on any atom is -0.356 e. The second kappa shape index (κ2) is 6.42. The number of aromatic nitrogens is 1. The second-order valence-electron chi connectivity index (χ2n) is 5.42. The Morgan fingerprint density at radius 1 is 1.26 bits per heavy atom. The van der Waals surface area contributed by atoms with E-state index in [0.29, 0.717) is 22.8 Å². The average molecular weight is 329 g/mol. The molecule has 0 radical (unpaired) electrons. The number of amides is 1. The summed E-state index contributed by atoms with van der Waals surface area (Å²) in [5, 5.41) is 5.55. The van der Waals surface area contributed by atoms with Gasteiger partial charge in [-0.05, 0) is 44.2 Å². The van der Waals surface area contributed by atoms with E-state index in [-0.39, 0.29) is 12.3 Å². The first-order chi connectivity index (χ1) is 11.1. The molecule has 1 heterocycles. The summed E-state index contributed by atoms with van der Waals surface area (Å²) >= 11 is 6.02. The molecule has 0 atom stereocenters. The van der Waals surface area contributed by atoms with Crippen molar-refractivity contribution in [3.63, 3.8) is 0 Å². The van der Waals surface area contributed by atoms with Crippen molar-refractivity contribution in [1.29, 1.82) is 0 Å². The summed E-state index contributed by atoms with van der Waals surface area (Å²) in [6.07, 6.45) is 0.191. The molecular formula is C18H17ClN2O2. The van der Waals surface area contributed by atoms with Crippen LogP contribution in [-0.4, -0.2) is 17.6 Å². The highest BCUT2D eigenvalue weighted by atomic mass is 35.5. The van der Waals surface area contributed by atoms with Gasteiger partial charge in [-0.1, -0.05) is 34.5 Å². The van der Waals surface area contributed by atoms with Gasteiger partial charge < -0.3 is 9.42 Å². The average Bonchev–Trinajstić information content (AvgIpc) is 2.90. The summed E-state index contributed by atoms with van der Waals surface area (Å²) in [6, 6.07) is 13.1. The minimum atomic E-state index is -0.0357. The molecule has 3 aromatic rings. The van der Waals surface area contributed by atoms with E-state index in [4.69, 9.17) is 16.1 Å². The number of hydrogen-bond donors (Lipinski definition) is 0. The number of carbonyl (C=O) groups is 1. The highest BCUT2D eigenvalue weighted by Crippen LogP contribution is 2.23. The SMILES string of the molecule is CCN(C(=O)Cc1noc2ccc(C)cc12)c1cccc(Cl)c1. The third kappa shape index (κ3) is 3.22. The van der Waals surface area contributed by atoms with Crippen LogP contribution in [-0.2, 0) is 11.2 Å². The molecule has 0 spiro atoms. The standard InChI is InChI=1S/C18H17ClN2O2/c1-3-21(14-6-4-5-13(19)10-14)18(22)11-16-15-9-12(2)7-8-17(15)23-20-16/h4-10H,3,11H2,1-2H3. The van der Waals surface area contributed by atoms with Crippen molar-refractivity contribution in [2.24, 2.45) is 0 Å². The van der Waals surface area contributed by atoms with Crippen molar-refractivity contribution < 1.29 is 9.32 Å². The normalized spacial score (nSPS) is 10.9. The fourth-order valence-electron chi connectivity index (χ4n) is 2.62. The van der Waals surface area contributed by atoms with Crippen LogP contribution in [0.25, 0.3) is 11.0 Å². The molecule has 2 aromatic carbocycles. The Balaban J connectivity index is 1.88. The molecule has 0 aliphatic rings. The molecule has 1 aromatic heterocycles. The molecule has 0 unspecified atom stereocenters. The van der Waals surface area contributed by atoms with Gasteiger partial charge in [0.1, 0.15) is 5.69 Å². The number of likely N-dealkylation sites (N-methyl/N-ethyl adjacent to an activating group) is 1. The van der Waals surface area contributed by atoms with Crippen molar-refractivity contribution in [2.45, 2.75) is 20.3 Å². The van der Waals surface area contributed by atoms with Crippen molar-refractivity contribution in [1.82, 2.24) is 5.16 Å². The van der Waals surface area contributed by atoms with Crippen LogP contribution in [0.1, 0.15) is 18.2 Å². The lowest BCUT2D eigenvalue weighted by molar-refractivity contribution is -0.118. The first-order valence-corrected chi connectivity index (χ1v) is 7.87. The molecule has 118 valence electrons. The molecule has 0 fully saturated rings. The molecule has 5 heteroatoms. The second-order valence-corrected chi connectivity index (χ2v) is 5.86. The van der Waals surface area contributed by atoms with Gasteiger partial charge in [-0.3, -0.25) is 4.79 Å². The monoisotopic (exact) mass is 328 g/mol. The van der Waals surface area contributed by atoms with Gasteiger partial charge in [0, 0.05) is 22.6 Å². The van der Waals surface area contributed by atoms with E-state index in [0.717, 1.165) is 16.6 Å². The van der Waals surface area contributed by atoms with Gasteiger partial charge in [0.15, 0.2) is 5.58 Å². The van der Waals surface area contributed by atoms with E-state index in [1.165, 1.54) is 0 Å². The number of carbonyl (C=O) groups excluding carboxylic acids is 1. The molecule has 23 heavy (non-hydrogen) atoms. The fraction of sp³-hybridized carbons (Fsp3) is 0.222. The quantitative estimate of drug-likeness (QED) is 0.713. The molecular weight excluding hydrogens is 312 g/mol. The third-order valence-corrected chi connectivity index (χ3v) is 3.99. The van der Waals surface area contributed by atoms with Gasteiger partial charge in [-0.25, -0.2) is 0 Å². The molecule has 0 aliphatic heterocycles. The summed E-state index contributed by atoms with van der Waals surface area (Å²) in [5.74, 6) is -0.0357. The molecule has 1 amide bonds. The van der Waals surface area contributed by atoms with E-state index < -0.39 is 0 Å². The number of benzene rings is 2. The number of anilines is 1. The van der Waals surface area contributed by atoms with Crippen LogP contribution in [0, 0.1) is 6.92 Å². The van der Waals surface area contributed by atoms with E-state index in [9.17, 15) is 4.79 Å². The Bertz CT molecular complexity index is 857. The van der Waals surface area contributed by atoms with Gasteiger partial charge >= 0.3 is 0 Å². The van der Waals surface area contributed by atoms with Crippen LogP contribution in [0.15, 0.2) is 47.0 Å². The van der Waals surface area contributed by atoms with Gasteiger partial charge in [0.05, 0.1) is 6.42 Å². The zero-order chi connectivity index (χ0) is 16.4. The number of rotatable bonds is 4. The zero-order valence-corrected chi connectivity index (χ0v) is 13.8. The lowest BCUT2D eigenvalue weighted by Gasteiger charge is -2.20. The molecule has 0 aliphatic carbocycles. The molecule has 0 bridgehead atoms. The number of nitrogens with zero attached hydrogens (tertiary/aromatic N) is 2. The van der Waals surface area contributed by atoms with E-state index in [1.54, 1.807) is 17.0 Å². The summed E-state index contributed by atoms with van der Waals surface area (Å²) in [4.78, 5) is 14.4. The number of hydrogen-bond acceptors (Lipinski definition) is 3. The van der Waals surface area contributed by atoms with Crippen molar-refractivity contribution in [3.05, 3.63) is 58.7 Å². The van der Waals surface area contributed by atoms with Gasteiger partial charge in [-0.15, -0.1) is 0 Å². The highest BCUT2D eigenvalue weighted by Gasteiger charge is 2.18. The first kappa shape index (κ1) is 15.6. The van der Waals surface area contributed by atoms with E-state index in [2.05, 4.69) is 5.16 Å². The maximum absolute atomic E-state index is 12.7. The maximum Gasteiger partial charge on any atom is 0.233 e. The Hall–Kier alpha value is -2.33. The lowest BCUT2D eigenvalue weighted by Crippen LogP contribution is -2.32.